The number of carbonyl (C=O) groups excluding carboxylic acids is 1. The van der Waals surface area contributed by atoms with E-state index < -0.39 is 5.97 Å². The molecule has 5 heteroatoms. The van der Waals surface area contributed by atoms with Crippen LogP contribution >= 0.6 is 0 Å². The predicted molar refractivity (Wildman–Crippen MR) is 76.9 cm³/mol. The van der Waals surface area contributed by atoms with Gasteiger partial charge in [0.25, 0.3) is 0 Å². The Morgan fingerprint density at radius 1 is 1.24 bits per heavy atom. The highest BCUT2D eigenvalue weighted by molar-refractivity contribution is 5.87. The Bertz CT molecular complexity index is 598. The van der Waals surface area contributed by atoms with Gasteiger partial charge in [0.05, 0.1) is 18.9 Å². The minimum atomic E-state index is -0.530. The van der Waals surface area contributed by atoms with Crippen molar-refractivity contribution in [2.24, 2.45) is 0 Å². The number of esters is 1. The third kappa shape index (κ3) is 4.29. The van der Waals surface area contributed by atoms with Crippen LogP contribution in [0, 0.1) is 0 Å². The fraction of sp³-hybridized carbons (Fsp3) is 0.250. The lowest BCUT2D eigenvalue weighted by atomic mass is 10.2. The van der Waals surface area contributed by atoms with Crippen molar-refractivity contribution in [3.8, 4) is 5.75 Å². The first-order chi connectivity index (χ1) is 10.2. The molecule has 0 unspecified atom stereocenters. The molecule has 110 valence electrons. The number of rotatable bonds is 6. The summed E-state index contributed by atoms with van der Waals surface area (Å²) < 4.78 is 10.6. The minimum Gasteiger partial charge on any atom is -0.489 e. The van der Waals surface area contributed by atoms with Crippen LogP contribution in [0.4, 0.5) is 0 Å². The Morgan fingerprint density at radius 2 is 2.00 bits per heavy atom. The maximum Gasteiger partial charge on any atom is 0.357 e. The van der Waals surface area contributed by atoms with Gasteiger partial charge in [-0.2, -0.15) is 0 Å². The molecule has 0 aliphatic rings. The molecule has 1 aromatic heterocycles. The first-order valence-corrected chi connectivity index (χ1v) is 6.68. The lowest BCUT2D eigenvalue weighted by molar-refractivity contribution is 0.0518. The average Bonchev–Trinajstić information content (AvgIpc) is 2.54. The Labute approximate surface area is 123 Å². The zero-order chi connectivity index (χ0) is 15.1. The summed E-state index contributed by atoms with van der Waals surface area (Å²) in [7, 11) is 0. The topological polar surface area (TPSA) is 68.7 Å². The molecule has 0 saturated carbocycles. The molecule has 0 spiro atoms. The predicted octanol–water partition coefficient (Wildman–Crippen LogP) is 2.33. The molecule has 1 aromatic carbocycles. The Kier molecular flexibility index (Phi) is 5.29. The molecule has 0 fully saturated rings. The number of aromatic nitrogens is 1. The van der Waals surface area contributed by atoms with Gasteiger partial charge in [-0.3, -0.25) is 0 Å². The van der Waals surface area contributed by atoms with E-state index in [2.05, 4.69) is 4.98 Å². The van der Waals surface area contributed by atoms with Crippen LogP contribution in [-0.4, -0.2) is 22.7 Å². The molecule has 5 nitrogen and oxygen atoms in total. The van der Waals surface area contributed by atoms with E-state index in [1.54, 1.807) is 13.0 Å². The zero-order valence-electron chi connectivity index (χ0n) is 11.8. The highest BCUT2D eigenvalue weighted by Gasteiger charge is 2.12. The molecule has 0 atom stereocenters. The number of hydrogen-bond donors (Lipinski definition) is 1. The van der Waals surface area contributed by atoms with Crippen LogP contribution in [0.15, 0.2) is 42.5 Å². The first kappa shape index (κ1) is 15.0. The van der Waals surface area contributed by atoms with Crippen molar-refractivity contribution in [2.45, 2.75) is 20.1 Å². The second kappa shape index (κ2) is 7.40. The van der Waals surface area contributed by atoms with Gasteiger partial charge in [-0.25, -0.2) is 9.78 Å². The Balaban J connectivity index is 2.14. The van der Waals surface area contributed by atoms with Crippen LogP contribution in [0.2, 0.25) is 0 Å². The first-order valence-electron chi connectivity index (χ1n) is 6.68. The summed E-state index contributed by atoms with van der Waals surface area (Å²) in [5.74, 6) is -0.0571. The van der Waals surface area contributed by atoms with Gasteiger partial charge in [-0.1, -0.05) is 30.3 Å². The number of hydrogen-bond acceptors (Lipinski definition) is 5. The van der Waals surface area contributed by atoms with E-state index in [-0.39, 0.29) is 18.9 Å². The van der Waals surface area contributed by atoms with E-state index in [0.717, 1.165) is 5.56 Å². The number of ether oxygens (including phenoxy) is 2. The number of nitrogens with zero attached hydrogens (tertiary/aromatic N) is 1. The normalized spacial score (nSPS) is 10.2. The smallest absolute Gasteiger partial charge is 0.357 e. The molecule has 1 N–H and O–H groups in total. The van der Waals surface area contributed by atoms with Gasteiger partial charge >= 0.3 is 5.97 Å². The van der Waals surface area contributed by atoms with Crippen LogP contribution in [-0.2, 0) is 18.0 Å². The summed E-state index contributed by atoms with van der Waals surface area (Å²) in [6.45, 7) is 2.09. The van der Waals surface area contributed by atoms with Crippen LogP contribution < -0.4 is 4.74 Å². The van der Waals surface area contributed by atoms with Gasteiger partial charge < -0.3 is 14.6 Å². The van der Waals surface area contributed by atoms with Gasteiger partial charge in [-0.15, -0.1) is 0 Å². The van der Waals surface area contributed by atoms with Gasteiger partial charge in [0.15, 0.2) is 5.69 Å². The van der Waals surface area contributed by atoms with E-state index in [1.165, 1.54) is 6.07 Å². The maximum atomic E-state index is 11.7. The summed E-state index contributed by atoms with van der Waals surface area (Å²) in [6.07, 6.45) is 0. The number of aliphatic hydroxyl groups excluding tert-OH is 1. The summed E-state index contributed by atoms with van der Waals surface area (Å²) in [6, 6.07) is 12.8. The standard InChI is InChI=1S/C16H17NO4/c1-2-20-16(19)15-9-14(8-13(10-18)17-15)21-11-12-6-4-3-5-7-12/h3-9,18H,2,10-11H2,1H3. The van der Waals surface area contributed by atoms with Crippen molar-refractivity contribution < 1.29 is 19.4 Å². The third-order valence-electron chi connectivity index (χ3n) is 2.75. The monoisotopic (exact) mass is 287 g/mol. The van der Waals surface area contributed by atoms with Crippen LogP contribution in [0.25, 0.3) is 0 Å². The number of aliphatic hydroxyl groups is 1. The van der Waals surface area contributed by atoms with E-state index in [1.807, 2.05) is 30.3 Å². The molecule has 21 heavy (non-hydrogen) atoms. The summed E-state index contributed by atoms with van der Waals surface area (Å²) in [4.78, 5) is 15.7. The number of pyridine rings is 1. The van der Waals surface area contributed by atoms with E-state index in [9.17, 15) is 9.90 Å². The Morgan fingerprint density at radius 3 is 2.67 bits per heavy atom. The van der Waals surface area contributed by atoms with Crippen LogP contribution in [0.3, 0.4) is 0 Å². The van der Waals surface area contributed by atoms with Crippen molar-refractivity contribution in [2.75, 3.05) is 6.61 Å². The molecule has 1 heterocycles. The SMILES string of the molecule is CCOC(=O)c1cc(OCc2ccccc2)cc(CO)n1. The fourth-order valence-corrected chi connectivity index (χ4v) is 1.77. The largest absolute Gasteiger partial charge is 0.489 e. The lowest BCUT2D eigenvalue weighted by Gasteiger charge is -2.09. The molecule has 0 amide bonds. The van der Waals surface area contributed by atoms with Crippen molar-refractivity contribution >= 4 is 5.97 Å². The molecule has 0 saturated heterocycles. The average molecular weight is 287 g/mol. The van der Waals surface area contributed by atoms with Gasteiger partial charge in [0.1, 0.15) is 12.4 Å². The minimum absolute atomic E-state index is 0.131. The van der Waals surface area contributed by atoms with Gasteiger partial charge in [-0.05, 0) is 12.5 Å². The summed E-state index contributed by atoms with van der Waals surface area (Å²) in [5, 5.41) is 9.21. The van der Waals surface area contributed by atoms with Gasteiger partial charge in [0.2, 0.25) is 0 Å². The molecule has 0 radical (unpaired) electrons. The molecule has 0 aliphatic heterocycles. The number of carbonyl (C=O) groups is 1. The Hall–Kier alpha value is -2.40. The van der Waals surface area contributed by atoms with Crippen molar-refractivity contribution in [1.82, 2.24) is 4.98 Å². The quantitative estimate of drug-likeness (QED) is 0.826. The summed E-state index contributed by atoms with van der Waals surface area (Å²) >= 11 is 0. The molecular formula is C16H17NO4. The van der Waals surface area contributed by atoms with Crippen LogP contribution in [0.1, 0.15) is 28.7 Å². The third-order valence-corrected chi connectivity index (χ3v) is 2.75. The fourth-order valence-electron chi connectivity index (χ4n) is 1.77. The zero-order valence-corrected chi connectivity index (χ0v) is 11.8. The van der Waals surface area contributed by atoms with E-state index >= 15 is 0 Å². The highest BCUT2D eigenvalue weighted by atomic mass is 16.5. The summed E-state index contributed by atoms with van der Waals surface area (Å²) in [5.41, 5.74) is 1.51. The second-order valence-electron chi connectivity index (χ2n) is 4.33. The lowest BCUT2D eigenvalue weighted by Crippen LogP contribution is -2.09. The second-order valence-corrected chi connectivity index (χ2v) is 4.33. The molecular weight excluding hydrogens is 270 g/mol. The number of benzene rings is 1. The molecule has 2 rings (SSSR count). The van der Waals surface area contributed by atoms with E-state index in [4.69, 9.17) is 9.47 Å². The van der Waals surface area contributed by atoms with Crippen molar-refractivity contribution in [3.05, 3.63) is 59.4 Å². The highest BCUT2D eigenvalue weighted by Crippen LogP contribution is 2.17. The van der Waals surface area contributed by atoms with Crippen LogP contribution in [0.5, 0.6) is 5.75 Å². The molecule has 2 aromatic rings. The molecule has 0 aliphatic carbocycles. The van der Waals surface area contributed by atoms with Crippen molar-refractivity contribution in [3.63, 3.8) is 0 Å². The van der Waals surface area contributed by atoms with E-state index in [0.29, 0.717) is 18.1 Å². The van der Waals surface area contributed by atoms with Crippen molar-refractivity contribution in [1.29, 1.82) is 0 Å². The van der Waals surface area contributed by atoms with Gasteiger partial charge in [0, 0.05) is 12.1 Å². The molecule has 0 bridgehead atoms. The maximum absolute atomic E-state index is 11.7.